The molecular weight excluding hydrogens is 880 g/mol. The van der Waals surface area contributed by atoms with Crippen LogP contribution in [0.3, 0.4) is 0 Å². The zero-order chi connectivity index (χ0) is 48.3. The molecule has 22 heteroatoms. The number of allylic oxidation sites excluding steroid dienone is 2. The van der Waals surface area contributed by atoms with E-state index in [1.807, 2.05) is 0 Å². The summed E-state index contributed by atoms with van der Waals surface area (Å²) >= 11 is 0. The van der Waals surface area contributed by atoms with Crippen LogP contribution in [0, 0.1) is 5.92 Å². The van der Waals surface area contributed by atoms with Crippen molar-refractivity contribution in [2.45, 2.75) is 127 Å². The monoisotopic (exact) mass is 936 g/mol. The Labute approximate surface area is 377 Å². The minimum atomic E-state index is -1.84. The molecule has 3 aliphatic heterocycles. The molecule has 1 aromatic heterocycles. The number of aliphatic hydroxyl groups is 8. The molecule has 3 aromatic rings. The van der Waals surface area contributed by atoms with E-state index in [9.17, 15) is 60.3 Å². The summed E-state index contributed by atoms with van der Waals surface area (Å²) in [5.74, 6) is -4.03. The van der Waals surface area contributed by atoms with Crippen LogP contribution in [0.5, 0.6) is 23.0 Å². The second-order valence-electron chi connectivity index (χ2n) is 16.4. The first kappa shape index (κ1) is 50.5. The van der Waals surface area contributed by atoms with Crippen LogP contribution in [0.15, 0.2) is 51.2 Å². The molecule has 9 N–H and O–H groups in total. The number of benzene rings is 2. The van der Waals surface area contributed by atoms with E-state index in [4.69, 9.17) is 47.0 Å². The molecule has 0 unspecified atom stereocenters. The van der Waals surface area contributed by atoms with Crippen molar-refractivity contribution in [2.24, 2.45) is 5.92 Å². The molecule has 3 fully saturated rings. The van der Waals surface area contributed by atoms with Crippen molar-refractivity contribution < 1.29 is 103 Å². The third-order valence-corrected chi connectivity index (χ3v) is 11.4. The predicted octanol–water partition coefficient (Wildman–Crippen LogP) is -0.719. The standard InChI is InChI=1S/C44H56O22/c1-17(2)7-12-23-26(62-44-37(56)34(53)31(50)27(14-45)63-44)13-25(48)29-33(52)41(39(65-40(23)29)21-8-10-22(57-6)11-9-21)66-43-30(49)24(38(18(3)60-43)61-20(5)47)15-59-42-36(55)35(54)32(51)28(64-42)16-58-19(4)46/h7-11,13,18,24,27-28,30-32,34-38,42-45,48-51,53-56H,12,14-16H2,1-6H3/t18-,24-,27+,28+,30+,31+,32+,34-,35-,36+,37+,38-,42+,43+,44-/m0/s1. The molecule has 0 aliphatic carbocycles. The number of aromatic hydroxyl groups is 1. The first-order valence-electron chi connectivity index (χ1n) is 21.0. The number of phenolic OH excluding ortho intramolecular Hbond substituents is 1. The van der Waals surface area contributed by atoms with Gasteiger partial charge in [0.05, 0.1) is 32.3 Å². The molecule has 6 rings (SSSR count). The van der Waals surface area contributed by atoms with Gasteiger partial charge in [-0.25, -0.2) is 0 Å². The van der Waals surface area contributed by atoms with E-state index in [1.54, 1.807) is 32.1 Å². The Morgan fingerprint density at radius 3 is 1.98 bits per heavy atom. The van der Waals surface area contributed by atoms with Crippen LogP contribution in [0.4, 0.5) is 0 Å². The molecule has 0 amide bonds. The number of carbonyl (C=O) groups is 2. The van der Waals surface area contributed by atoms with Crippen molar-refractivity contribution in [3.05, 3.63) is 57.8 Å². The van der Waals surface area contributed by atoms with Gasteiger partial charge < -0.3 is 93.0 Å². The van der Waals surface area contributed by atoms with Gasteiger partial charge in [-0.05, 0) is 51.5 Å². The number of phenols is 1. The number of hydrogen-bond acceptors (Lipinski definition) is 22. The zero-order valence-corrected chi connectivity index (χ0v) is 36.8. The average Bonchev–Trinajstić information content (AvgIpc) is 3.27. The fourth-order valence-corrected chi connectivity index (χ4v) is 7.79. The van der Waals surface area contributed by atoms with Gasteiger partial charge in [-0.3, -0.25) is 14.4 Å². The van der Waals surface area contributed by atoms with E-state index in [2.05, 4.69) is 0 Å². The summed E-state index contributed by atoms with van der Waals surface area (Å²) in [4.78, 5) is 38.6. The maximum Gasteiger partial charge on any atom is 0.303 e. The Bertz CT molecular complexity index is 2260. The number of esters is 2. The van der Waals surface area contributed by atoms with Crippen molar-refractivity contribution in [3.8, 4) is 34.3 Å². The van der Waals surface area contributed by atoms with E-state index < -0.39 is 146 Å². The smallest absolute Gasteiger partial charge is 0.303 e. The van der Waals surface area contributed by atoms with Crippen LogP contribution < -0.4 is 19.6 Å². The molecule has 3 aliphatic rings. The average molecular weight is 937 g/mol. The first-order valence-corrected chi connectivity index (χ1v) is 21.0. The maximum absolute atomic E-state index is 14.8. The quantitative estimate of drug-likeness (QED) is 0.0671. The largest absolute Gasteiger partial charge is 0.507 e. The number of fused-ring (bicyclic) bond motifs is 1. The van der Waals surface area contributed by atoms with Crippen LogP contribution in [-0.4, -0.2) is 171 Å². The topological polar surface area (TPSA) is 329 Å². The Morgan fingerprint density at radius 1 is 0.758 bits per heavy atom. The number of rotatable bonds is 15. The molecule has 15 atom stereocenters. The molecule has 66 heavy (non-hydrogen) atoms. The lowest BCUT2D eigenvalue weighted by atomic mass is 9.89. The summed E-state index contributed by atoms with van der Waals surface area (Å²) in [5.41, 5.74) is -0.0124. The Balaban J connectivity index is 1.42. The van der Waals surface area contributed by atoms with Crippen molar-refractivity contribution >= 4 is 22.9 Å². The number of hydrogen-bond donors (Lipinski definition) is 9. The lowest BCUT2D eigenvalue weighted by Crippen LogP contribution is -2.61. The number of ether oxygens (including phenoxy) is 9. The summed E-state index contributed by atoms with van der Waals surface area (Å²) in [6, 6.07) is 7.23. The Hall–Kier alpha value is -4.95. The van der Waals surface area contributed by atoms with Crippen molar-refractivity contribution in [2.75, 3.05) is 26.9 Å². The lowest BCUT2D eigenvalue weighted by molar-refractivity contribution is -0.316. The molecule has 0 radical (unpaired) electrons. The molecule has 0 spiro atoms. The molecule has 364 valence electrons. The Kier molecular flexibility index (Phi) is 16.3. The van der Waals surface area contributed by atoms with Gasteiger partial charge in [0.1, 0.15) is 95.9 Å². The molecule has 22 nitrogen and oxygen atoms in total. The minimum absolute atomic E-state index is 0.00184. The SMILES string of the molecule is COc1ccc(-c2oc3c(CC=C(C)C)c(O[C@H]4O[C@H](CO)[C@@H](O)[C@H](O)[C@H]4O)cc(O)c3c(=O)c2O[C@H]2O[C@@H](C)[C@H](OC(C)=O)[C@@H](CO[C@@H]3O[C@H](COC(C)=O)[C@@H](O)[C@H](O)[C@H]3O)[C@H]2O)cc1. The van der Waals surface area contributed by atoms with Crippen LogP contribution >= 0.6 is 0 Å². The van der Waals surface area contributed by atoms with Gasteiger partial charge >= 0.3 is 11.9 Å². The van der Waals surface area contributed by atoms with Gasteiger partial charge in [0.25, 0.3) is 0 Å². The summed E-state index contributed by atoms with van der Waals surface area (Å²) in [6.07, 6.45) is -20.9. The number of methoxy groups -OCH3 is 1. The first-order chi connectivity index (χ1) is 31.2. The van der Waals surface area contributed by atoms with E-state index in [0.717, 1.165) is 25.5 Å². The van der Waals surface area contributed by atoms with Gasteiger partial charge in [-0.15, -0.1) is 0 Å². The van der Waals surface area contributed by atoms with E-state index in [1.165, 1.54) is 26.2 Å². The Morgan fingerprint density at radius 2 is 1.38 bits per heavy atom. The van der Waals surface area contributed by atoms with Crippen molar-refractivity contribution in [1.82, 2.24) is 0 Å². The summed E-state index contributed by atoms with van der Waals surface area (Å²) in [7, 11) is 1.44. The molecule has 0 bridgehead atoms. The minimum Gasteiger partial charge on any atom is -0.507 e. The highest BCUT2D eigenvalue weighted by Crippen LogP contribution is 2.42. The second kappa shape index (κ2) is 21.3. The van der Waals surface area contributed by atoms with Gasteiger partial charge in [0.15, 0.2) is 12.1 Å². The molecule has 2 aromatic carbocycles. The van der Waals surface area contributed by atoms with Crippen molar-refractivity contribution in [1.29, 1.82) is 0 Å². The summed E-state index contributed by atoms with van der Waals surface area (Å²) in [6.45, 7) is 5.48. The second-order valence-corrected chi connectivity index (χ2v) is 16.4. The van der Waals surface area contributed by atoms with E-state index in [-0.39, 0.29) is 34.6 Å². The van der Waals surface area contributed by atoms with Gasteiger partial charge in [0.2, 0.25) is 23.8 Å². The zero-order valence-electron chi connectivity index (χ0n) is 36.8. The van der Waals surface area contributed by atoms with Crippen LogP contribution in [-0.2, 0) is 44.4 Å². The maximum atomic E-state index is 14.8. The molecule has 3 saturated heterocycles. The van der Waals surface area contributed by atoms with E-state index in [0.29, 0.717) is 5.75 Å². The van der Waals surface area contributed by atoms with Crippen LogP contribution in [0.25, 0.3) is 22.3 Å². The highest BCUT2D eigenvalue weighted by Gasteiger charge is 2.50. The van der Waals surface area contributed by atoms with Crippen LogP contribution in [0.1, 0.15) is 40.2 Å². The van der Waals surface area contributed by atoms with Gasteiger partial charge in [-0.1, -0.05) is 11.6 Å². The molecular formula is C44H56O22. The highest BCUT2D eigenvalue weighted by atomic mass is 16.7. The third kappa shape index (κ3) is 10.8. The summed E-state index contributed by atoms with van der Waals surface area (Å²) in [5, 5.41) is 96.3. The van der Waals surface area contributed by atoms with Crippen LogP contribution in [0.2, 0.25) is 0 Å². The number of carbonyl (C=O) groups excluding carboxylic acids is 2. The fraction of sp³-hybridized carbons (Fsp3) is 0.568. The van der Waals surface area contributed by atoms with Crippen molar-refractivity contribution in [3.63, 3.8) is 0 Å². The third-order valence-electron chi connectivity index (χ3n) is 11.4. The molecule has 4 heterocycles. The highest BCUT2D eigenvalue weighted by molar-refractivity contribution is 5.91. The van der Waals surface area contributed by atoms with E-state index >= 15 is 0 Å². The fourth-order valence-electron chi connectivity index (χ4n) is 7.79. The van der Waals surface area contributed by atoms with Gasteiger partial charge in [0, 0.05) is 31.0 Å². The normalized spacial score (nSPS) is 32.3. The molecule has 0 saturated carbocycles. The van der Waals surface area contributed by atoms with Gasteiger partial charge in [-0.2, -0.15) is 0 Å². The predicted molar refractivity (Wildman–Crippen MR) is 223 cm³/mol. The number of aliphatic hydroxyl groups excluding tert-OH is 8. The lowest BCUT2D eigenvalue weighted by Gasteiger charge is -2.44. The summed E-state index contributed by atoms with van der Waals surface area (Å²) < 4.78 is 57.6.